The number of aromatic nitrogens is 2. The first-order valence-corrected chi connectivity index (χ1v) is 9.78. The molecule has 25 heavy (non-hydrogen) atoms. The third kappa shape index (κ3) is 3.84. The molecule has 1 N–H and O–H groups in total. The lowest BCUT2D eigenvalue weighted by atomic mass is 9.88. The highest BCUT2D eigenvalue weighted by atomic mass is 32.2. The average Bonchev–Trinajstić information content (AvgIpc) is 3.10. The summed E-state index contributed by atoms with van der Waals surface area (Å²) in [6.45, 7) is 4.81. The van der Waals surface area contributed by atoms with Gasteiger partial charge in [0.25, 0.3) is 0 Å². The maximum atomic E-state index is 11.2. The van der Waals surface area contributed by atoms with Crippen LogP contribution < -0.4 is 4.74 Å². The number of phenols is 1. The number of carbonyl (C=O) groups excluding carboxylic acids is 1. The largest absolute Gasteiger partial charge is 0.507 e. The molecular formula is C19H24N2O3S. The Morgan fingerprint density at radius 3 is 3.04 bits per heavy atom. The van der Waals surface area contributed by atoms with Crippen LogP contribution >= 0.6 is 11.8 Å². The second-order valence-corrected chi connectivity index (χ2v) is 7.79. The smallest absolute Gasteiger partial charge is 0.157 e. The first-order chi connectivity index (χ1) is 12.1. The lowest BCUT2D eigenvalue weighted by Crippen LogP contribution is -2.29. The van der Waals surface area contributed by atoms with Crippen molar-refractivity contribution in [3.05, 3.63) is 41.7 Å². The molecule has 1 aliphatic heterocycles. The molecule has 1 aliphatic rings. The Labute approximate surface area is 152 Å². The number of aldehydes is 1. The average molecular weight is 360 g/mol. The second kappa shape index (κ2) is 7.95. The van der Waals surface area contributed by atoms with Crippen LogP contribution in [0.15, 0.2) is 30.5 Å². The number of hydrogen-bond donors (Lipinski definition) is 1. The number of aromatic hydroxyl groups is 1. The van der Waals surface area contributed by atoms with Crippen LogP contribution in [0.2, 0.25) is 0 Å². The van der Waals surface area contributed by atoms with E-state index in [9.17, 15) is 9.90 Å². The fraction of sp³-hybridized carbons (Fsp3) is 0.474. The quantitative estimate of drug-likeness (QED) is 0.792. The van der Waals surface area contributed by atoms with Crippen molar-refractivity contribution in [2.45, 2.75) is 32.2 Å². The monoisotopic (exact) mass is 360 g/mol. The molecule has 5 nitrogen and oxygen atoms in total. The predicted octanol–water partition coefficient (Wildman–Crippen LogP) is 3.90. The molecule has 0 spiro atoms. The number of ether oxygens (including phenoxy) is 1. The van der Waals surface area contributed by atoms with Gasteiger partial charge in [-0.05, 0) is 44.2 Å². The van der Waals surface area contributed by atoms with Crippen LogP contribution in [0.5, 0.6) is 11.5 Å². The van der Waals surface area contributed by atoms with Crippen molar-refractivity contribution in [2.75, 3.05) is 18.1 Å². The van der Waals surface area contributed by atoms with Gasteiger partial charge in [-0.1, -0.05) is 6.07 Å². The number of rotatable bonds is 6. The topological polar surface area (TPSA) is 64.3 Å². The summed E-state index contributed by atoms with van der Waals surface area (Å²) in [5, 5.41) is 14.3. The normalized spacial score (nSPS) is 20.6. The molecule has 1 aromatic carbocycles. The molecule has 1 aromatic heterocycles. The van der Waals surface area contributed by atoms with Crippen molar-refractivity contribution in [1.82, 2.24) is 9.78 Å². The summed E-state index contributed by atoms with van der Waals surface area (Å²) in [7, 11) is 0. The fourth-order valence-corrected chi connectivity index (χ4v) is 4.66. The van der Waals surface area contributed by atoms with Gasteiger partial charge in [-0.2, -0.15) is 16.9 Å². The molecule has 0 saturated carbocycles. The molecule has 0 aliphatic carbocycles. The zero-order valence-electron chi connectivity index (χ0n) is 14.6. The molecule has 2 atom stereocenters. The van der Waals surface area contributed by atoms with Crippen LogP contribution in [0.4, 0.5) is 0 Å². The molecular weight excluding hydrogens is 336 g/mol. The van der Waals surface area contributed by atoms with Gasteiger partial charge in [-0.3, -0.25) is 9.48 Å². The van der Waals surface area contributed by atoms with Gasteiger partial charge in [0.1, 0.15) is 11.5 Å². The van der Waals surface area contributed by atoms with Gasteiger partial charge >= 0.3 is 0 Å². The van der Waals surface area contributed by atoms with Crippen molar-refractivity contribution in [3.63, 3.8) is 0 Å². The summed E-state index contributed by atoms with van der Waals surface area (Å²) in [6.07, 6.45) is 3.58. The highest BCUT2D eigenvalue weighted by Gasteiger charge is 2.30. The minimum Gasteiger partial charge on any atom is -0.507 e. The standard InChI is InChI=1S/C19H24N2O3S/c1-13(2)21-17(6-8-20-21)16-12-25-9-7-14(16)11-24-19-5-3-4-18(23)15(19)10-22/h3-6,8,10,13-14,16,23H,7,9,11-12H2,1-2H3. The summed E-state index contributed by atoms with van der Waals surface area (Å²) in [5.74, 6) is 3.30. The second-order valence-electron chi connectivity index (χ2n) is 6.64. The van der Waals surface area contributed by atoms with Gasteiger partial charge in [0.15, 0.2) is 6.29 Å². The summed E-state index contributed by atoms with van der Waals surface area (Å²) in [5.41, 5.74) is 1.47. The number of nitrogens with zero attached hydrogens (tertiary/aromatic N) is 2. The molecule has 2 aromatic rings. The highest BCUT2D eigenvalue weighted by molar-refractivity contribution is 7.99. The number of benzene rings is 1. The number of hydrogen-bond acceptors (Lipinski definition) is 5. The Morgan fingerprint density at radius 2 is 2.28 bits per heavy atom. The molecule has 1 fully saturated rings. The van der Waals surface area contributed by atoms with E-state index in [2.05, 4.69) is 29.7 Å². The predicted molar refractivity (Wildman–Crippen MR) is 99.8 cm³/mol. The maximum Gasteiger partial charge on any atom is 0.157 e. The van der Waals surface area contributed by atoms with Gasteiger partial charge in [-0.25, -0.2) is 0 Å². The first-order valence-electron chi connectivity index (χ1n) is 8.63. The van der Waals surface area contributed by atoms with Crippen LogP contribution in [0.1, 0.15) is 48.3 Å². The van der Waals surface area contributed by atoms with E-state index >= 15 is 0 Å². The Hall–Kier alpha value is -1.95. The van der Waals surface area contributed by atoms with Crippen LogP contribution in [0.3, 0.4) is 0 Å². The molecule has 2 heterocycles. The third-order valence-corrected chi connectivity index (χ3v) is 5.80. The lowest BCUT2D eigenvalue weighted by molar-refractivity contribution is 0.111. The number of carbonyl (C=O) groups is 1. The molecule has 134 valence electrons. The summed E-state index contributed by atoms with van der Waals surface area (Å²) >= 11 is 1.96. The molecule has 1 saturated heterocycles. The molecule has 0 radical (unpaired) electrons. The molecule has 6 heteroatoms. The van der Waals surface area contributed by atoms with E-state index in [1.807, 2.05) is 18.0 Å². The van der Waals surface area contributed by atoms with E-state index in [1.165, 1.54) is 11.8 Å². The minimum atomic E-state index is -0.0406. The molecule has 3 rings (SSSR count). The summed E-state index contributed by atoms with van der Waals surface area (Å²) < 4.78 is 8.04. The molecule has 0 amide bonds. The number of phenolic OH excluding ortho intramolecular Hbond substituents is 1. The maximum absolute atomic E-state index is 11.2. The van der Waals surface area contributed by atoms with E-state index in [0.29, 0.717) is 36.5 Å². The van der Waals surface area contributed by atoms with Crippen molar-refractivity contribution in [3.8, 4) is 11.5 Å². The van der Waals surface area contributed by atoms with Crippen LogP contribution in [-0.4, -0.2) is 39.3 Å². The van der Waals surface area contributed by atoms with Crippen molar-refractivity contribution >= 4 is 18.0 Å². The molecule has 0 bridgehead atoms. The Kier molecular flexibility index (Phi) is 5.68. The summed E-state index contributed by atoms with van der Waals surface area (Å²) in [6, 6.07) is 7.35. The SMILES string of the molecule is CC(C)n1nccc1C1CSCCC1COc1cccc(O)c1C=O. The minimum absolute atomic E-state index is 0.0406. The van der Waals surface area contributed by atoms with Crippen LogP contribution in [-0.2, 0) is 0 Å². The van der Waals surface area contributed by atoms with Gasteiger partial charge in [0.2, 0.25) is 0 Å². The molecule has 2 unspecified atom stereocenters. The third-order valence-electron chi connectivity index (χ3n) is 4.68. The zero-order chi connectivity index (χ0) is 17.8. The van der Waals surface area contributed by atoms with E-state index in [1.54, 1.807) is 12.1 Å². The van der Waals surface area contributed by atoms with E-state index in [4.69, 9.17) is 4.74 Å². The van der Waals surface area contributed by atoms with E-state index in [0.717, 1.165) is 17.9 Å². The Morgan fingerprint density at radius 1 is 1.44 bits per heavy atom. The zero-order valence-corrected chi connectivity index (χ0v) is 15.4. The number of thioether (sulfide) groups is 1. The van der Waals surface area contributed by atoms with E-state index in [-0.39, 0.29) is 11.3 Å². The highest BCUT2D eigenvalue weighted by Crippen LogP contribution is 2.37. The van der Waals surface area contributed by atoms with Crippen LogP contribution in [0, 0.1) is 5.92 Å². The van der Waals surface area contributed by atoms with Crippen molar-refractivity contribution in [2.24, 2.45) is 5.92 Å². The van der Waals surface area contributed by atoms with Crippen LogP contribution in [0.25, 0.3) is 0 Å². The first kappa shape index (κ1) is 17.9. The Bertz CT molecular complexity index is 729. The Balaban J connectivity index is 1.77. The summed E-state index contributed by atoms with van der Waals surface area (Å²) in [4.78, 5) is 11.2. The van der Waals surface area contributed by atoms with Gasteiger partial charge in [0, 0.05) is 35.5 Å². The fourth-order valence-electron chi connectivity index (χ4n) is 3.33. The van der Waals surface area contributed by atoms with Gasteiger partial charge < -0.3 is 9.84 Å². The van der Waals surface area contributed by atoms with E-state index < -0.39 is 0 Å². The van der Waals surface area contributed by atoms with Crippen molar-refractivity contribution < 1.29 is 14.6 Å². The van der Waals surface area contributed by atoms with Gasteiger partial charge in [-0.15, -0.1) is 0 Å². The van der Waals surface area contributed by atoms with Crippen molar-refractivity contribution in [1.29, 1.82) is 0 Å². The lowest BCUT2D eigenvalue weighted by Gasteiger charge is -2.32. The van der Waals surface area contributed by atoms with Gasteiger partial charge in [0.05, 0.1) is 12.2 Å².